The number of likely N-dealkylation sites (tertiary alicyclic amines) is 1. The summed E-state index contributed by atoms with van der Waals surface area (Å²) in [6.07, 6.45) is 4.91. The van der Waals surface area contributed by atoms with E-state index < -0.39 is 6.04 Å². The molecule has 42 heavy (non-hydrogen) atoms. The standard InChI is InChI=1S/C30H31BrN8O3/c1-16-6-9-24(31)34-27(16)35-28(42)22-11-30(3)12-23(30)39(22)25(41)15-38-21-8-7-18(10-20(21)26(36-38)17(2)40)19-13-32-29(33-14-19)37(4)5/h6-10,13-14,22-23H,11-12,15H2,1-5H3,(H,34,35,42)/t22-,23?,30-/m0/s1. The molecule has 2 fully saturated rings. The molecule has 1 unspecified atom stereocenters. The lowest BCUT2D eigenvalue weighted by molar-refractivity contribution is -0.138. The Balaban J connectivity index is 1.28. The molecule has 4 aromatic rings. The van der Waals surface area contributed by atoms with Crippen LogP contribution in [0.15, 0.2) is 47.3 Å². The zero-order valence-electron chi connectivity index (χ0n) is 24.1. The molecule has 2 aliphatic rings. The molecule has 2 amide bonds. The summed E-state index contributed by atoms with van der Waals surface area (Å²) in [6, 6.07) is 8.69. The molecule has 3 atom stereocenters. The number of anilines is 2. The predicted octanol–water partition coefficient (Wildman–Crippen LogP) is 4.25. The number of nitrogens with zero attached hydrogens (tertiary/aromatic N) is 7. The van der Waals surface area contributed by atoms with Gasteiger partial charge in [0, 0.05) is 50.4 Å². The summed E-state index contributed by atoms with van der Waals surface area (Å²) in [5, 5.41) is 8.13. The van der Waals surface area contributed by atoms with Crippen LogP contribution >= 0.6 is 15.9 Å². The van der Waals surface area contributed by atoms with E-state index in [0.717, 1.165) is 23.1 Å². The van der Waals surface area contributed by atoms with Crippen molar-refractivity contribution < 1.29 is 14.4 Å². The molecular formula is C30H31BrN8O3. The third kappa shape index (κ3) is 4.93. The van der Waals surface area contributed by atoms with Gasteiger partial charge in [-0.1, -0.05) is 19.1 Å². The summed E-state index contributed by atoms with van der Waals surface area (Å²) in [7, 11) is 3.74. The van der Waals surface area contributed by atoms with Crippen LogP contribution in [0.25, 0.3) is 22.0 Å². The summed E-state index contributed by atoms with van der Waals surface area (Å²) in [5.74, 6) is 0.394. The highest BCUT2D eigenvalue weighted by Gasteiger charge is 2.64. The largest absolute Gasteiger partial charge is 0.347 e. The van der Waals surface area contributed by atoms with Crippen molar-refractivity contribution in [2.75, 3.05) is 24.3 Å². The molecule has 1 aliphatic heterocycles. The molecule has 0 radical (unpaired) electrons. The third-order valence-electron chi connectivity index (χ3n) is 8.27. The number of hydrogen-bond donors (Lipinski definition) is 1. The van der Waals surface area contributed by atoms with Gasteiger partial charge in [-0.2, -0.15) is 5.10 Å². The number of benzene rings is 1. The molecule has 0 spiro atoms. The second kappa shape index (κ2) is 10.3. The minimum Gasteiger partial charge on any atom is -0.347 e. The minimum absolute atomic E-state index is 0.0110. The zero-order valence-corrected chi connectivity index (χ0v) is 25.6. The number of carbonyl (C=O) groups excluding carboxylic acids is 3. The van der Waals surface area contributed by atoms with E-state index >= 15 is 0 Å². The van der Waals surface area contributed by atoms with Crippen LogP contribution in [0.2, 0.25) is 0 Å². The van der Waals surface area contributed by atoms with E-state index in [9.17, 15) is 14.4 Å². The number of pyridine rings is 1. The lowest BCUT2D eigenvalue weighted by Gasteiger charge is -2.27. The van der Waals surface area contributed by atoms with Gasteiger partial charge >= 0.3 is 0 Å². The van der Waals surface area contributed by atoms with Crippen molar-refractivity contribution in [3.05, 3.63) is 58.6 Å². The van der Waals surface area contributed by atoms with Gasteiger partial charge in [0.1, 0.15) is 28.7 Å². The van der Waals surface area contributed by atoms with Crippen LogP contribution in [0.5, 0.6) is 0 Å². The average Bonchev–Trinajstić information content (AvgIpc) is 3.32. The van der Waals surface area contributed by atoms with Crippen molar-refractivity contribution >= 4 is 56.2 Å². The van der Waals surface area contributed by atoms with Crippen molar-refractivity contribution in [3.63, 3.8) is 0 Å². The van der Waals surface area contributed by atoms with Crippen molar-refractivity contribution in [1.82, 2.24) is 29.6 Å². The van der Waals surface area contributed by atoms with Gasteiger partial charge in [0.2, 0.25) is 17.8 Å². The summed E-state index contributed by atoms with van der Waals surface area (Å²) in [6.45, 7) is 5.36. The van der Waals surface area contributed by atoms with Gasteiger partial charge in [0.05, 0.1) is 5.52 Å². The van der Waals surface area contributed by atoms with Crippen LogP contribution in [0.3, 0.4) is 0 Å². The highest BCUT2D eigenvalue weighted by atomic mass is 79.9. The van der Waals surface area contributed by atoms with Gasteiger partial charge in [-0.15, -0.1) is 0 Å². The molecule has 6 rings (SSSR count). The first kappa shape index (κ1) is 28.0. The van der Waals surface area contributed by atoms with E-state index in [1.807, 2.05) is 56.3 Å². The van der Waals surface area contributed by atoms with E-state index in [4.69, 9.17) is 0 Å². The second-order valence-electron chi connectivity index (χ2n) is 11.6. The summed E-state index contributed by atoms with van der Waals surface area (Å²) < 4.78 is 2.18. The van der Waals surface area contributed by atoms with Gasteiger partial charge < -0.3 is 15.1 Å². The monoisotopic (exact) mass is 630 g/mol. The Hall–Kier alpha value is -4.19. The molecule has 1 saturated heterocycles. The molecule has 1 N–H and O–H groups in total. The molecule has 12 heteroatoms. The van der Waals surface area contributed by atoms with Crippen LogP contribution in [0.4, 0.5) is 11.8 Å². The van der Waals surface area contributed by atoms with Crippen molar-refractivity contribution in [3.8, 4) is 11.1 Å². The molecule has 1 aliphatic carbocycles. The van der Waals surface area contributed by atoms with Crippen molar-refractivity contribution in [1.29, 1.82) is 0 Å². The van der Waals surface area contributed by atoms with E-state index in [2.05, 4.69) is 48.2 Å². The van der Waals surface area contributed by atoms with Gasteiger partial charge in [0.25, 0.3) is 0 Å². The maximum atomic E-state index is 13.8. The van der Waals surface area contributed by atoms with E-state index in [0.29, 0.717) is 33.7 Å². The zero-order chi connectivity index (χ0) is 29.9. The smallest absolute Gasteiger partial charge is 0.248 e. The Morgan fingerprint density at radius 2 is 1.83 bits per heavy atom. The Morgan fingerprint density at radius 1 is 1.10 bits per heavy atom. The number of amides is 2. The number of aryl methyl sites for hydroxylation is 1. The molecule has 1 saturated carbocycles. The molecular weight excluding hydrogens is 600 g/mol. The number of aromatic nitrogens is 5. The first-order valence-electron chi connectivity index (χ1n) is 13.7. The molecule has 0 bridgehead atoms. The average molecular weight is 632 g/mol. The fourth-order valence-corrected chi connectivity index (χ4v) is 6.15. The van der Waals surface area contributed by atoms with Gasteiger partial charge in [0.15, 0.2) is 5.78 Å². The molecule has 3 aromatic heterocycles. The Morgan fingerprint density at radius 3 is 2.52 bits per heavy atom. The minimum atomic E-state index is -0.618. The molecule has 1 aromatic carbocycles. The number of halogens is 1. The fraction of sp³-hybridized carbons (Fsp3) is 0.367. The Kier molecular flexibility index (Phi) is 6.83. The number of piperidine rings is 1. The van der Waals surface area contributed by atoms with Gasteiger partial charge in [-0.3, -0.25) is 19.1 Å². The number of fused-ring (bicyclic) bond motifs is 2. The van der Waals surface area contributed by atoms with Crippen LogP contribution < -0.4 is 10.2 Å². The first-order chi connectivity index (χ1) is 19.9. The normalized spacial score (nSPS) is 20.9. The van der Waals surface area contributed by atoms with E-state index in [-0.39, 0.29) is 41.3 Å². The lowest BCUT2D eigenvalue weighted by Crippen LogP contribution is -2.47. The SMILES string of the molecule is CC(=O)c1nn(CC(=O)N2C3C[C@]3(C)C[C@H]2C(=O)Nc2nc(Br)ccc2C)c2ccc(-c3cnc(N(C)C)nc3)cc12. The maximum absolute atomic E-state index is 13.8. The van der Waals surface area contributed by atoms with Crippen LogP contribution in [-0.4, -0.2) is 73.4 Å². The number of nitrogens with one attached hydrogen (secondary N) is 1. The van der Waals surface area contributed by atoms with Crippen LogP contribution in [-0.2, 0) is 16.1 Å². The number of Topliss-reactive ketones (excluding diaryl/α,β-unsaturated/α-hetero) is 1. The summed E-state index contributed by atoms with van der Waals surface area (Å²) in [4.78, 5) is 56.6. The van der Waals surface area contributed by atoms with Crippen molar-refractivity contribution in [2.24, 2.45) is 5.41 Å². The van der Waals surface area contributed by atoms with Gasteiger partial charge in [-0.05, 0) is 70.4 Å². The third-order valence-corrected chi connectivity index (χ3v) is 8.71. The fourth-order valence-electron chi connectivity index (χ4n) is 5.84. The second-order valence-corrected chi connectivity index (χ2v) is 12.5. The topological polar surface area (TPSA) is 126 Å². The molecule has 4 heterocycles. The van der Waals surface area contributed by atoms with E-state index in [1.165, 1.54) is 6.92 Å². The number of ketones is 1. The van der Waals surface area contributed by atoms with Crippen LogP contribution in [0, 0.1) is 12.3 Å². The summed E-state index contributed by atoms with van der Waals surface area (Å²) in [5.41, 5.74) is 3.33. The first-order valence-corrected chi connectivity index (χ1v) is 14.5. The number of hydrogen-bond acceptors (Lipinski definition) is 8. The van der Waals surface area contributed by atoms with Gasteiger partial charge in [-0.25, -0.2) is 15.0 Å². The van der Waals surface area contributed by atoms with Crippen molar-refractivity contribution in [2.45, 2.75) is 52.2 Å². The number of rotatable bonds is 7. The molecule has 216 valence electrons. The quantitative estimate of drug-likeness (QED) is 0.237. The highest BCUT2D eigenvalue weighted by molar-refractivity contribution is 9.10. The molecule has 11 nitrogen and oxygen atoms in total. The summed E-state index contributed by atoms with van der Waals surface area (Å²) >= 11 is 3.36. The maximum Gasteiger partial charge on any atom is 0.248 e. The van der Waals surface area contributed by atoms with E-state index in [1.54, 1.807) is 22.0 Å². The van der Waals surface area contributed by atoms with Crippen LogP contribution in [0.1, 0.15) is 42.7 Å². The Bertz CT molecular complexity index is 1750. The number of carbonyl (C=O) groups is 3. The Labute approximate surface area is 251 Å². The highest BCUT2D eigenvalue weighted by Crippen LogP contribution is 2.59. The predicted molar refractivity (Wildman–Crippen MR) is 162 cm³/mol. The lowest BCUT2D eigenvalue weighted by atomic mass is 10.0.